The molecular weight excluding hydrogens is 240 g/mol. The van der Waals surface area contributed by atoms with Gasteiger partial charge in [0.2, 0.25) is 0 Å². The summed E-state index contributed by atoms with van der Waals surface area (Å²) in [4.78, 5) is 0. The van der Waals surface area contributed by atoms with E-state index in [2.05, 4.69) is 40.3 Å². The minimum absolute atomic E-state index is 0.186. The fraction of sp³-hybridized carbons (Fsp3) is 0.455. The molecule has 0 fully saturated rings. The smallest absolute Gasteiger partial charge is 0.0381 e. The second-order valence-corrected chi connectivity index (χ2v) is 5.22. The highest BCUT2D eigenvalue weighted by molar-refractivity contribution is 9.10. The van der Waals surface area contributed by atoms with Gasteiger partial charge in [0, 0.05) is 22.2 Å². The van der Waals surface area contributed by atoms with Crippen LogP contribution in [0.2, 0.25) is 0 Å². The van der Waals surface area contributed by atoms with Crippen LogP contribution in [0.3, 0.4) is 0 Å². The van der Waals surface area contributed by atoms with Crippen LogP contribution in [0.5, 0.6) is 0 Å². The SMILES string of the molecule is Cc1ccc(Br)cc1NCC(C)(C)N. The molecule has 14 heavy (non-hydrogen) atoms. The van der Waals surface area contributed by atoms with Crippen LogP contribution in [0, 0.1) is 6.92 Å². The first-order valence-electron chi connectivity index (χ1n) is 4.67. The van der Waals surface area contributed by atoms with E-state index in [1.807, 2.05) is 19.9 Å². The predicted octanol–water partition coefficient (Wildman–Crippen LogP) is 2.91. The molecule has 0 aliphatic carbocycles. The highest BCUT2D eigenvalue weighted by Gasteiger charge is 2.10. The summed E-state index contributed by atoms with van der Waals surface area (Å²) in [5.74, 6) is 0. The van der Waals surface area contributed by atoms with Gasteiger partial charge in [0.25, 0.3) is 0 Å². The average Bonchev–Trinajstić information content (AvgIpc) is 2.05. The van der Waals surface area contributed by atoms with Gasteiger partial charge in [0.1, 0.15) is 0 Å². The molecule has 1 aromatic carbocycles. The van der Waals surface area contributed by atoms with E-state index in [0.717, 1.165) is 16.7 Å². The summed E-state index contributed by atoms with van der Waals surface area (Å²) in [7, 11) is 0. The number of hydrogen-bond donors (Lipinski definition) is 2. The Labute approximate surface area is 94.0 Å². The third-order valence-corrected chi connectivity index (χ3v) is 2.43. The fourth-order valence-electron chi connectivity index (χ4n) is 1.11. The molecular formula is C11H17BrN2. The van der Waals surface area contributed by atoms with Gasteiger partial charge in [-0.3, -0.25) is 0 Å². The zero-order valence-corrected chi connectivity index (χ0v) is 10.5. The van der Waals surface area contributed by atoms with Crippen molar-refractivity contribution in [2.45, 2.75) is 26.3 Å². The molecule has 0 heterocycles. The number of aryl methyl sites for hydroxylation is 1. The van der Waals surface area contributed by atoms with Crippen molar-refractivity contribution in [1.29, 1.82) is 0 Å². The number of halogens is 1. The molecule has 1 rings (SSSR count). The molecule has 0 unspecified atom stereocenters. The van der Waals surface area contributed by atoms with E-state index in [0.29, 0.717) is 0 Å². The number of benzene rings is 1. The van der Waals surface area contributed by atoms with Crippen LogP contribution < -0.4 is 11.1 Å². The highest BCUT2D eigenvalue weighted by atomic mass is 79.9. The average molecular weight is 257 g/mol. The lowest BCUT2D eigenvalue weighted by molar-refractivity contribution is 0.549. The van der Waals surface area contributed by atoms with Gasteiger partial charge < -0.3 is 11.1 Å². The molecule has 0 amide bonds. The molecule has 0 radical (unpaired) electrons. The summed E-state index contributed by atoms with van der Waals surface area (Å²) in [6.07, 6.45) is 0. The Balaban J connectivity index is 2.72. The fourth-order valence-corrected chi connectivity index (χ4v) is 1.47. The summed E-state index contributed by atoms with van der Waals surface area (Å²) < 4.78 is 1.08. The third kappa shape index (κ3) is 3.68. The monoisotopic (exact) mass is 256 g/mol. The molecule has 0 saturated heterocycles. The summed E-state index contributed by atoms with van der Waals surface area (Å²) in [6.45, 7) is 6.86. The molecule has 0 aliphatic rings. The zero-order valence-electron chi connectivity index (χ0n) is 8.89. The second-order valence-electron chi connectivity index (χ2n) is 4.30. The van der Waals surface area contributed by atoms with E-state index < -0.39 is 0 Å². The number of anilines is 1. The molecule has 1 aromatic rings. The molecule has 3 heteroatoms. The van der Waals surface area contributed by atoms with Crippen molar-refractivity contribution in [3.05, 3.63) is 28.2 Å². The lowest BCUT2D eigenvalue weighted by Crippen LogP contribution is -2.39. The number of nitrogens with one attached hydrogen (secondary N) is 1. The maximum absolute atomic E-state index is 5.90. The number of nitrogens with two attached hydrogens (primary N) is 1. The Morgan fingerprint density at radius 2 is 2.07 bits per heavy atom. The van der Waals surface area contributed by atoms with Crippen molar-refractivity contribution >= 4 is 21.6 Å². The maximum Gasteiger partial charge on any atom is 0.0381 e. The van der Waals surface area contributed by atoms with Crippen LogP contribution in [0.1, 0.15) is 19.4 Å². The van der Waals surface area contributed by atoms with Crippen LogP contribution in [0.4, 0.5) is 5.69 Å². The van der Waals surface area contributed by atoms with E-state index in [9.17, 15) is 0 Å². The maximum atomic E-state index is 5.90. The lowest BCUT2D eigenvalue weighted by Gasteiger charge is -2.20. The standard InChI is InChI=1S/C11H17BrN2/c1-8-4-5-9(12)6-10(8)14-7-11(2,3)13/h4-6,14H,7,13H2,1-3H3. The molecule has 0 atom stereocenters. The molecule has 0 aliphatic heterocycles. The summed E-state index contributed by atoms with van der Waals surface area (Å²) in [5, 5.41) is 3.34. The van der Waals surface area contributed by atoms with Crippen LogP contribution in [-0.4, -0.2) is 12.1 Å². The van der Waals surface area contributed by atoms with Gasteiger partial charge in [-0.2, -0.15) is 0 Å². The van der Waals surface area contributed by atoms with Gasteiger partial charge in [-0.15, -0.1) is 0 Å². The lowest BCUT2D eigenvalue weighted by atomic mass is 10.1. The van der Waals surface area contributed by atoms with Crippen molar-refractivity contribution in [3.8, 4) is 0 Å². The largest absolute Gasteiger partial charge is 0.383 e. The summed E-state index contributed by atoms with van der Waals surface area (Å²) in [5.41, 5.74) is 8.08. The Kier molecular flexibility index (Phi) is 3.56. The molecule has 3 N–H and O–H groups in total. The first-order valence-corrected chi connectivity index (χ1v) is 5.47. The van der Waals surface area contributed by atoms with E-state index in [1.165, 1.54) is 5.56 Å². The first kappa shape index (κ1) is 11.5. The van der Waals surface area contributed by atoms with E-state index >= 15 is 0 Å². The Hall–Kier alpha value is -0.540. The molecule has 0 saturated carbocycles. The Bertz CT molecular complexity index is 316. The Morgan fingerprint density at radius 3 is 2.64 bits per heavy atom. The van der Waals surface area contributed by atoms with Crippen molar-refractivity contribution in [3.63, 3.8) is 0 Å². The van der Waals surface area contributed by atoms with Gasteiger partial charge in [0.15, 0.2) is 0 Å². The van der Waals surface area contributed by atoms with E-state index in [-0.39, 0.29) is 5.54 Å². The van der Waals surface area contributed by atoms with Gasteiger partial charge in [-0.25, -0.2) is 0 Å². The second kappa shape index (κ2) is 4.32. The molecule has 2 nitrogen and oxygen atoms in total. The molecule has 0 spiro atoms. The predicted molar refractivity (Wildman–Crippen MR) is 65.6 cm³/mol. The van der Waals surface area contributed by atoms with Crippen LogP contribution in [0.25, 0.3) is 0 Å². The van der Waals surface area contributed by atoms with Crippen LogP contribution >= 0.6 is 15.9 Å². The van der Waals surface area contributed by atoms with Gasteiger partial charge in [-0.1, -0.05) is 22.0 Å². The minimum Gasteiger partial charge on any atom is -0.383 e. The van der Waals surface area contributed by atoms with Crippen LogP contribution in [-0.2, 0) is 0 Å². The first-order chi connectivity index (χ1) is 6.38. The van der Waals surface area contributed by atoms with E-state index in [1.54, 1.807) is 0 Å². The van der Waals surface area contributed by atoms with Crippen LogP contribution in [0.15, 0.2) is 22.7 Å². The molecule has 0 aromatic heterocycles. The van der Waals surface area contributed by atoms with Crippen molar-refractivity contribution in [1.82, 2.24) is 0 Å². The number of rotatable bonds is 3. The van der Waals surface area contributed by atoms with Gasteiger partial charge in [0.05, 0.1) is 0 Å². The van der Waals surface area contributed by atoms with E-state index in [4.69, 9.17) is 5.73 Å². The topological polar surface area (TPSA) is 38.0 Å². The third-order valence-electron chi connectivity index (χ3n) is 1.93. The van der Waals surface area contributed by atoms with Crippen molar-refractivity contribution in [2.75, 3.05) is 11.9 Å². The highest BCUT2D eigenvalue weighted by Crippen LogP contribution is 2.20. The minimum atomic E-state index is -0.186. The van der Waals surface area contributed by atoms with Gasteiger partial charge in [-0.05, 0) is 38.5 Å². The normalized spacial score (nSPS) is 11.5. The summed E-state index contributed by atoms with van der Waals surface area (Å²) in [6, 6.07) is 6.19. The van der Waals surface area contributed by atoms with Crippen molar-refractivity contribution in [2.24, 2.45) is 5.73 Å². The van der Waals surface area contributed by atoms with Gasteiger partial charge >= 0.3 is 0 Å². The Morgan fingerprint density at radius 1 is 1.43 bits per heavy atom. The molecule has 0 bridgehead atoms. The number of hydrogen-bond acceptors (Lipinski definition) is 2. The molecule has 78 valence electrons. The van der Waals surface area contributed by atoms with Crippen molar-refractivity contribution < 1.29 is 0 Å². The summed E-state index contributed by atoms with van der Waals surface area (Å²) >= 11 is 3.45. The zero-order chi connectivity index (χ0) is 10.8. The quantitative estimate of drug-likeness (QED) is 0.873.